The van der Waals surface area contributed by atoms with Gasteiger partial charge in [-0.05, 0) is 41.1 Å². The molecular formula is C27H25NO4S. The first-order valence-electron chi connectivity index (χ1n) is 10.9. The first kappa shape index (κ1) is 21.6. The highest BCUT2D eigenvalue weighted by atomic mass is 32.2. The summed E-state index contributed by atoms with van der Waals surface area (Å²) in [6.45, 7) is 1.94. The molecule has 5 nitrogen and oxygen atoms in total. The van der Waals surface area contributed by atoms with E-state index in [4.69, 9.17) is 4.74 Å². The number of aliphatic hydroxyl groups excluding tert-OH is 1. The molecule has 0 amide bonds. The molecule has 6 heteroatoms. The van der Waals surface area contributed by atoms with Crippen LogP contribution < -0.4 is 4.31 Å². The third kappa shape index (κ3) is 3.91. The molecule has 0 radical (unpaired) electrons. The second-order valence-electron chi connectivity index (χ2n) is 8.30. The molecule has 2 atom stereocenters. The Bertz CT molecular complexity index is 1400. The molecule has 4 aromatic rings. The third-order valence-corrected chi connectivity index (χ3v) is 7.91. The summed E-state index contributed by atoms with van der Waals surface area (Å²) < 4.78 is 33.9. The lowest BCUT2D eigenvalue weighted by Crippen LogP contribution is -2.37. The molecule has 4 aromatic carbocycles. The molecule has 5 rings (SSSR count). The standard InChI is InChI=1S/C27H25NO4S/c1-19-9-5-6-14-23(19)27(21-10-3-2-4-11-21)32-18-22(29)17-28-24-15-7-12-20-13-8-16-25(26(20)24)33(28,30)31/h2-16,22,27,29H,17-18H2,1H3. The van der Waals surface area contributed by atoms with E-state index in [0.29, 0.717) is 11.1 Å². The van der Waals surface area contributed by atoms with Gasteiger partial charge in [-0.25, -0.2) is 8.42 Å². The second kappa shape index (κ2) is 8.63. The van der Waals surface area contributed by atoms with Crippen molar-refractivity contribution in [2.75, 3.05) is 17.5 Å². The molecular weight excluding hydrogens is 434 g/mol. The van der Waals surface area contributed by atoms with Gasteiger partial charge in [-0.15, -0.1) is 0 Å². The van der Waals surface area contributed by atoms with Crippen LogP contribution in [0, 0.1) is 6.92 Å². The van der Waals surface area contributed by atoms with Crippen LogP contribution in [0.25, 0.3) is 10.8 Å². The highest BCUT2D eigenvalue weighted by Crippen LogP contribution is 2.42. The maximum absolute atomic E-state index is 13.2. The number of aryl methyl sites for hydroxylation is 1. The number of β-amino-alcohol motifs (C(OH)–C–C–N with tert-alkyl or cyclic N) is 1. The van der Waals surface area contributed by atoms with E-state index in [9.17, 15) is 13.5 Å². The van der Waals surface area contributed by atoms with E-state index >= 15 is 0 Å². The molecule has 1 aliphatic rings. The van der Waals surface area contributed by atoms with Crippen LogP contribution in [0.3, 0.4) is 0 Å². The largest absolute Gasteiger partial charge is 0.389 e. The van der Waals surface area contributed by atoms with E-state index in [1.807, 2.05) is 79.7 Å². The SMILES string of the molecule is Cc1ccccc1C(OCC(O)CN1c2cccc3cccc(c23)S1(=O)=O)c1ccccc1. The van der Waals surface area contributed by atoms with Crippen molar-refractivity contribution in [3.05, 3.63) is 108 Å². The molecule has 1 N–H and O–H groups in total. The van der Waals surface area contributed by atoms with Gasteiger partial charge in [-0.3, -0.25) is 4.31 Å². The Morgan fingerprint density at radius 1 is 0.879 bits per heavy atom. The smallest absolute Gasteiger partial charge is 0.265 e. The highest BCUT2D eigenvalue weighted by molar-refractivity contribution is 7.93. The van der Waals surface area contributed by atoms with E-state index < -0.39 is 16.1 Å². The monoisotopic (exact) mass is 459 g/mol. The van der Waals surface area contributed by atoms with Gasteiger partial charge >= 0.3 is 0 Å². The zero-order valence-electron chi connectivity index (χ0n) is 18.3. The van der Waals surface area contributed by atoms with E-state index in [-0.39, 0.29) is 24.2 Å². The minimum atomic E-state index is -3.73. The van der Waals surface area contributed by atoms with E-state index in [0.717, 1.165) is 22.1 Å². The minimum Gasteiger partial charge on any atom is -0.389 e. The van der Waals surface area contributed by atoms with Crippen LogP contribution in [0.4, 0.5) is 5.69 Å². The van der Waals surface area contributed by atoms with Gasteiger partial charge in [0.15, 0.2) is 0 Å². The van der Waals surface area contributed by atoms with Crippen molar-refractivity contribution in [2.45, 2.75) is 24.0 Å². The molecule has 0 bridgehead atoms. The van der Waals surface area contributed by atoms with Gasteiger partial charge in [-0.2, -0.15) is 0 Å². The molecule has 2 unspecified atom stereocenters. The van der Waals surface area contributed by atoms with Crippen LogP contribution in [0.15, 0.2) is 95.9 Å². The molecule has 0 aliphatic carbocycles. The first-order valence-corrected chi connectivity index (χ1v) is 12.4. The molecule has 0 aromatic heterocycles. The Morgan fingerprint density at radius 2 is 1.58 bits per heavy atom. The molecule has 168 valence electrons. The van der Waals surface area contributed by atoms with Crippen LogP contribution in [-0.4, -0.2) is 32.8 Å². The highest BCUT2D eigenvalue weighted by Gasteiger charge is 2.36. The molecule has 0 fully saturated rings. The number of ether oxygens (including phenoxy) is 1. The van der Waals surface area contributed by atoms with Crippen molar-refractivity contribution in [1.29, 1.82) is 0 Å². The predicted molar refractivity (Wildman–Crippen MR) is 130 cm³/mol. The van der Waals surface area contributed by atoms with Crippen molar-refractivity contribution in [1.82, 2.24) is 0 Å². The molecule has 33 heavy (non-hydrogen) atoms. The topological polar surface area (TPSA) is 66.8 Å². The van der Waals surface area contributed by atoms with E-state index in [2.05, 4.69) is 0 Å². The Morgan fingerprint density at radius 3 is 2.33 bits per heavy atom. The molecule has 0 saturated carbocycles. The van der Waals surface area contributed by atoms with Crippen molar-refractivity contribution < 1.29 is 18.3 Å². The number of aliphatic hydroxyl groups is 1. The summed E-state index contributed by atoms with van der Waals surface area (Å²) in [5.74, 6) is 0. The average molecular weight is 460 g/mol. The fourth-order valence-electron chi connectivity index (χ4n) is 4.48. The van der Waals surface area contributed by atoms with Crippen LogP contribution in [0.2, 0.25) is 0 Å². The summed E-state index contributed by atoms with van der Waals surface area (Å²) in [5.41, 5.74) is 3.68. The van der Waals surface area contributed by atoms with Gasteiger partial charge in [0.25, 0.3) is 10.0 Å². The molecule has 0 saturated heterocycles. The number of nitrogens with zero attached hydrogens (tertiary/aromatic N) is 1. The zero-order chi connectivity index (χ0) is 23.0. The Kier molecular flexibility index (Phi) is 5.66. The van der Waals surface area contributed by atoms with Crippen LogP contribution in [0.5, 0.6) is 0 Å². The fourth-order valence-corrected chi connectivity index (χ4v) is 6.23. The van der Waals surface area contributed by atoms with Gasteiger partial charge in [0, 0.05) is 5.39 Å². The van der Waals surface area contributed by atoms with E-state index in [1.54, 1.807) is 18.2 Å². The summed E-state index contributed by atoms with van der Waals surface area (Å²) in [4.78, 5) is 0.283. The Hall–Kier alpha value is -3.19. The number of hydrogen-bond donors (Lipinski definition) is 1. The second-order valence-corrected chi connectivity index (χ2v) is 10.1. The summed E-state index contributed by atoms with van der Waals surface area (Å²) in [7, 11) is -3.73. The zero-order valence-corrected chi connectivity index (χ0v) is 19.1. The summed E-state index contributed by atoms with van der Waals surface area (Å²) in [6, 6.07) is 28.6. The summed E-state index contributed by atoms with van der Waals surface area (Å²) >= 11 is 0. The van der Waals surface area contributed by atoms with Crippen molar-refractivity contribution >= 4 is 26.5 Å². The Labute approximate surface area is 193 Å². The van der Waals surface area contributed by atoms with Gasteiger partial charge in [0.05, 0.1) is 29.8 Å². The van der Waals surface area contributed by atoms with Crippen molar-refractivity contribution in [3.63, 3.8) is 0 Å². The summed E-state index contributed by atoms with van der Waals surface area (Å²) in [6.07, 6.45) is -1.36. The number of anilines is 1. The number of benzene rings is 4. The van der Waals surface area contributed by atoms with Crippen molar-refractivity contribution in [3.8, 4) is 0 Å². The van der Waals surface area contributed by atoms with Gasteiger partial charge in [-0.1, -0.05) is 78.9 Å². The first-order chi connectivity index (χ1) is 16.0. The van der Waals surface area contributed by atoms with Gasteiger partial charge < -0.3 is 9.84 Å². The minimum absolute atomic E-state index is 0.00770. The van der Waals surface area contributed by atoms with Crippen LogP contribution >= 0.6 is 0 Å². The summed E-state index contributed by atoms with van der Waals surface area (Å²) in [5, 5.41) is 12.4. The number of sulfonamides is 1. The average Bonchev–Trinajstić information content (AvgIpc) is 3.04. The van der Waals surface area contributed by atoms with Gasteiger partial charge in [0.2, 0.25) is 0 Å². The van der Waals surface area contributed by atoms with Crippen LogP contribution in [0.1, 0.15) is 22.8 Å². The molecule has 0 spiro atoms. The fraction of sp³-hybridized carbons (Fsp3) is 0.185. The predicted octanol–water partition coefficient (Wildman–Crippen LogP) is 4.82. The van der Waals surface area contributed by atoms with Crippen LogP contribution in [-0.2, 0) is 14.8 Å². The lowest BCUT2D eigenvalue weighted by molar-refractivity contribution is 0.0101. The maximum Gasteiger partial charge on any atom is 0.265 e. The quantitative estimate of drug-likeness (QED) is 0.430. The third-order valence-electron chi connectivity index (χ3n) is 6.09. The lowest BCUT2D eigenvalue weighted by Gasteiger charge is -2.25. The number of rotatable bonds is 7. The molecule has 1 aliphatic heterocycles. The van der Waals surface area contributed by atoms with Gasteiger partial charge in [0.1, 0.15) is 6.10 Å². The lowest BCUT2D eigenvalue weighted by atomic mass is 9.97. The van der Waals surface area contributed by atoms with Crippen molar-refractivity contribution in [2.24, 2.45) is 0 Å². The maximum atomic E-state index is 13.2. The number of hydrogen-bond acceptors (Lipinski definition) is 4. The normalized spacial score (nSPS) is 16.1. The van der Waals surface area contributed by atoms with E-state index in [1.165, 1.54) is 4.31 Å². The molecule has 1 heterocycles. The Balaban J connectivity index is 1.38.